The maximum atomic E-state index is 12.7. The van der Waals surface area contributed by atoms with Crippen LogP contribution >= 0.6 is 11.6 Å². The molecule has 0 aliphatic carbocycles. The molecule has 2 rings (SSSR count). The smallest absolute Gasteiger partial charge is 0.379 e. The first-order chi connectivity index (χ1) is 11.4. The molecule has 0 aromatic heterocycles. The van der Waals surface area contributed by atoms with Crippen LogP contribution in [-0.4, -0.2) is 50.2 Å². The van der Waals surface area contributed by atoms with Gasteiger partial charge in [0.15, 0.2) is 0 Å². The minimum atomic E-state index is -4.45. The predicted molar refractivity (Wildman–Crippen MR) is 85.8 cm³/mol. The van der Waals surface area contributed by atoms with Crippen molar-refractivity contribution in [2.24, 2.45) is 0 Å². The maximum absolute atomic E-state index is 12.7. The van der Waals surface area contributed by atoms with Crippen LogP contribution in [0.15, 0.2) is 24.3 Å². The van der Waals surface area contributed by atoms with E-state index in [1.807, 2.05) is 0 Å². The Morgan fingerprint density at radius 2 is 2.04 bits per heavy atom. The number of amides is 1. The van der Waals surface area contributed by atoms with E-state index in [0.29, 0.717) is 26.3 Å². The van der Waals surface area contributed by atoms with Gasteiger partial charge in [0.1, 0.15) is 0 Å². The van der Waals surface area contributed by atoms with Gasteiger partial charge in [0.25, 0.3) is 0 Å². The molecule has 1 amide bonds. The van der Waals surface area contributed by atoms with Crippen LogP contribution in [0.2, 0.25) is 5.02 Å². The molecule has 1 aromatic rings. The minimum absolute atomic E-state index is 0.148. The van der Waals surface area contributed by atoms with E-state index in [4.69, 9.17) is 16.3 Å². The number of nitrogens with zero attached hydrogens (tertiary/aromatic N) is 1. The molecule has 0 unspecified atom stereocenters. The van der Waals surface area contributed by atoms with Crippen LogP contribution in [0, 0.1) is 0 Å². The molecule has 1 aliphatic rings. The lowest BCUT2D eigenvalue weighted by atomic mass is 10.1. The Hall–Kier alpha value is -1.57. The molecular formula is C16H18ClF3N2O2. The topological polar surface area (TPSA) is 41.6 Å². The van der Waals surface area contributed by atoms with Gasteiger partial charge < -0.3 is 10.1 Å². The summed E-state index contributed by atoms with van der Waals surface area (Å²) >= 11 is 5.87. The molecule has 24 heavy (non-hydrogen) atoms. The van der Waals surface area contributed by atoms with Crippen molar-refractivity contribution in [2.45, 2.75) is 6.18 Å². The summed E-state index contributed by atoms with van der Waals surface area (Å²) in [5, 5.41) is 2.84. The largest absolute Gasteiger partial charge is 0.416 e. The van der Waals surface area contributed by atoms with Gasteiger partial charge in [-0.2, -0.15) is 13.2 Å². The van der Waals surface area contributed by atoms with Crippen molar-refractivity contribution < 1.29 is 22.7 Å². The molecule has 1 fully saturated rings. The second-order valence-electron chi connectivity index (χ2n) is 5.31. The summed E-state index contributed by atoms with van der Waals surface area (Å²) in [6.45, 7) is 4.17. The van der Waals surface area contributed by atoms with Crippen molar-refractivity contribution in [3.8, 4) is 0 Å². The van der Waals surface area contributed by atoms with E-state index in [2.05, 4.69) is 10.2 Å². The van der Waals surface area contributed by atoms with Crippen LogP contribution in [0.3, 0.4) is 0 Å². The van der Waals surface area contributed by atoms with Gasteiger partial charge in [-0.1, -0.05) is 11.6 Å². The van der Waals surface area contributed by atoms with Crippen molar-refractivity contribution in [3.05, 3.63) is 40.4 Å². The number of halogens is 4. The summed E-state index contributed by atoms with van der Waals surface area (Å²) in [7, 11) is 0. The normalized spacial score (nSPS) is 16.5. The monoisotopic (exact) mass is 362 g/mol. The molecule has 1 aliphatic heterocycles. The molecule has 0 saturated carbocycles. The number of benzene rings is 1. The minimum Gasteiger partial charge on any atom is -0.379 e. The molecule has 1 saturated heterocycles. The van der Waals surface area contributed by atoms with Crippen LogP contribution in [0.5, 0.6) is 0 Å². The average Bonchev–Trinajstić information content (AvgIpc) is 2.54. The van der Waals surface area contributed by atoms with Crippen LogP contribution in [0.4, 0.5) is 13.2 Å². The summed E-state index contributed by atoms with van der Waals surface area (Å²) in [5.41, 5.74) is -0.658. The molecule has 1 aromatic carbocycles. The second kappa shape index (κ2) is 8.50. The fraction of sp³-hybridized carbons (Fsp3) is 0.438. The fourth-order valence-electron chi connectivity index (χ4n) is 2.23. The van der Waals surface area contributed by atoms with Gasteiger partial charge in [-0.25, -0.2) is 0 Å². The highest BCUT2D eigenvalue weighted by molar-refractivity contribution is 6.32. The molecule has 0 atom stereocenters. The van der Waals surface area contributed by atoms with Gasteiger partial charge in [0, 0.05) is 37.3 Å². The first-order valence-corrected chi connectivity index (χ1v) is 7.87. The number of hydrogen-bond donors (Lipinski definition) is 1. The third-order valence-corrected chi connectivity index (χ3v) is 3.91. The van der Waals surface area contributed by atoms with Gasteiger partial charge >= 0.3 is 6.18 Å². The van der Waals surface area contributed by atoms with E-state index < -0.39 is 11.7 Å². The van der Waals surface area contributed by atoms with Gasteiger partial charge in [-0.05, 0) is 29.8 Å². The number of hydrogen-bond acceptors (Lipinski definition) is 3. The molecule has 132 valence electrons. The molecule has 1 heterocycles. The van der Waals surface area contributed by atoms with Crippen LogP contribution in [0.25, 0.3) is 6.08 Å². The van der Waals surface area contributed by atoms with Crippen molar-refractivity contribution in [3.63, 3.8) is 0 Å². The van der Waals surface area contributed by atoms with Crippen molar-refractivity contribution in [1.82, 2.24) is 10.2 Å². The van der Waals surface area contributed by atoms with E-state index in [0.717, 1.165) is 25.2 Å². The average molecular weight is 363 g/mol. The SMILES string of the molecule is O=C(/C=C/c1cc(C(F)(F)F)ccc1Cl)NCCN1CCOCC1. The number of rotatable bonds is 5. The Morgan fingerprint density at radius 3 is 2.71 bits per heavy atom. The number of ether oxygens (including phenoxy) is 1. The number of carbonyl (C=O) groups is 1. The highest BCUT2D eigenvalue weighted by Gasteiger charge is 2.30. The number of morpholine rings is 1. The molecule has 1 N–H and O–H groups in total. The van der Waals surface area contributed by atoms with Crippen LogP contribution < -0.4 is 5.32 Å². The first kappa shape index (κ1) is 18.8. The van der Waals surface area contributed by atoms with Crippen molar-refractivity contribution in [1.29, 1.82) is 0 Å². The van der Waals surface area contributed by atoms with Crippen LogP contribution in [0.1, 0.15) is 11.1 Å². The van der Waals surface area contributed by atoms with E-state index in [-0.39, 0.29) is 16.5 Å². The first-order valence-electron chi connectivity index (χ1n) is 7.49. The Balaban J connectivity index is 1.86. The lowest BCUT2D eigenvalue weighted by Crippen LogP contribution is -2.41. The van der Waals surface area contributed by atoms with Gasteiger partial charge in [-0.15, -0.1) is 0 Å². The number of nitrogens with one attached hydrogen (secondary N) is 1. The van der Waals surface area contributed by atoms with E-state index >= 15 is 0 Å². The van der Waals surface area contributed by atoms with E-state index in [9.17, 15) is 18.0 Å². The summed E-state index contributed by atoms with van der Waals surface area (Å²) in [4.78, 5) is 13.9. The van der Waals surface area contributed by atoms with Gasteiger partial charge in [-0.3, -0.25) is 9.69 Å². The Kier molecular flexibility index (Phi) is 6.65. The van der Waals surface area contributed by atoms with Gasteiger partial charge in [0.05, 0.1) is 18.8 Å². The zero-order valence-electron chi connectivity index (χ0n) is 12.9. The standard InChI is InChI=1S/C16H18ClF3N2O2/c17-14-3-2-13(16(18,19)20)11-12(14)1-4-15(23)21-5-6-22-7-9-24-10-8-22/h1-4,11H,5-10H2,(H,21,23)/b4-1+. The quantitative estimate of drug-likeness (QED) is 0.819. The highest BCUT2D eigenvalue weighted by atomic mass is 35.5. The summed E-state index contributed by atoms with van der Waals surface area (Å²) in [6, 6.07) is 2.99. The summed E-state index contributed by atoms with van der Waals surface area (Å²) in [6.07, 6.45) is -1.99. The Bertz CT molecular complexity index is 599. The fourth-order valence-corrected chi connectivity index (χ4v) is 2.41. The van der Waals surface area contributed by atoms with Crippen molar-refractivity contribution in [2.75, 3.05) is 39.4 Å². The highest BCUT2D eigenvalue weighted by Crippen LogP contribution is 2.32. The lowest BCUT2D eigenvalue weighted by Gasteiger charge is -2.26. The number of carbonyl (C=O) groups excluding carboxylic acids is 1. The molecular weight excluding hydrogens is 345 g/mol. The second-order valence-corrected chi connectivity index (χ2v) is 5.72. The van der Waals surface area contributed by atoms with Crippen LogP contribution in [-0.2, 0) is 15.7 Å². The molecule has 0 bridgehead atoms. The Labute approximate surface area is 143 Å². The zero-order valence-corrected chi connectivity index (χ0v) is 13.7. The maximum Gasteiger partial charge on any atom is 0.416 e. The Morgan fingerprint density at radius 1 is 1.33 bits per heavy atom. The summed E-state index contributed by atoms with van der Waals surface area (Å²) in [5.74, 6) is -0.378. The number of alkyl halides is 3. The van der Waals surface area contributed by atoms with E-state index in [1.54, 1.807) is 0 Å². The third-order valence-electron chi connectivity index (χ3n) is 3.57. The predicted octanol–water partition coefficient (Wildman–Crippen LogP) is 2.82. The lowest BCUT2D eigenvalue weighted by molar-refractivity contribution is -0.137. The molecule has 4 nitrogen and oxygen atoms in total. The zero-order chi connectivity index (χ0) is 17.6. The molecule has 0 spiro atoms. The third kappa shape index (κ3) is 5.81. The van der Waals surface area contributed by atoms with Gasteiger partial charge in [0.2, 0.25) is 5.91 Å². The van der Waals surface area contributed by atoms with Crippen molar-refractivity contribution >= 4 is 23.6 Å². The summed E-state index contributed by atoms with van der Waals surface area (Å²) < 4.78 is 43.3. The molecule has 8 heteroatoms. The van der Waals surface area contributed by atoms with E-state index in [1.165, 1.54) is 18.2 Å². The molecule has 0 radical (unpaired) electrons.